The zero-order chi connectivity index (χ0) is 36.9. The summed E-state index contributed by atoms with van der Waals surface area (Å²) in [5.41, 5.74) is -4.81. The van der Waals surface area contributed by atoms with Gasteiger partial charge in [0.25, 0.3) is 0 Å². The first kappa shape index (κ1) is 37.9. The predicted molar refractivity (Wildman–Crippen MR) is 170 cm³/mol. The van der Waals surface area contributed by atoms with Crippen LogP contribution in [0.15, 0.2) is 11.6 Å². The van der Waals surface area contributed by atoms with Crippen LogP contribution in [0.5, 0.6) is 0 Å². The van der Waals surface area contributed by atoms with Crippen LogP contribution in [0.2, 0.25) is 0 Å². The fourth-order valence-corrected chi connectivity index (χ4v) is 11.3. The molecule has 0 aromatic heterocycles. The van der Waals surface area contributed by atoms with E-state index in [1.165, 1.54) is 6.08 Å². The Kier molecular flexibility index (Phi) is 9.78. The van der Waals surface area contributed by atoms with Crippen molar-refractivity contribution in [2.24, 2.45) is 22.7 Å². The molecule has 6 fully saturated rings. The van der Waals surface area contributed by atoms with Gasteiger partial charge in [-0.1, -0.05) is 13.8 Å². The van der Waals surface area contributed by atoms with E-state index >= 15 is 0 Å². The highest BCUT2D eigenvalue weighted by atomic mass is 16.7. The van der Waals surface area contributed by atoms with Crippen molar-refractivity contribution >= 4 is 5.97 Å². The topological polar surface area (TPSA) is 266 Å². The van der Waals surface area contributed by atoms with Gasteiger partial charge in [0.2, 0.25) is 0 Å². The average molecular weight is 731 g/mol. The lowest BCUT2D eigenvalue weighted by molar-refractivity contribution is -0.366. The highest BCUT2D eigenvalue weighted by molar-refractivity contribution is 5.86. The van der Waals surface area contributed by atoms with E-state index < -0.39 is 114 Å². The largest absolute Gasteiger partial charge is 0.458 e. The van der Waals surface area contributed by atoms with E-state index in [1.807, 2.05) is 6.92 Å². The third kappa shape index (κ3) is 5.51. The van der Waals surface area contributed by atoms with Crippen LogP contribution in [0.1, 0.15) is 71.6 Å². The first-order valence-corrected chi connectivity index (χ1v) is 18.3. The van der Waals surface area contributed by atoms with E-state index in [1.54, 1.807) is 0 Å². The fraction of sp³-hybridized carbons (Fsp3) is 0.914. The molecule has 0 amide bonds. The molecule has 51 heavy (non-hydrogen) atoms. The summed E-state index contributed by atoms with van der Waals surface area (Å²) in [5, 5.41) is 109. The van der Waals surface area contributed by atoms with Gasteiger partial charge in [0, 0.05) is 23.5 Å². The molecule has 3 aliphatic heterocycles. The van der Waals surface area contributed by atoms with Crippen LogP contribution < -0.4 is 0 Å². The molecule has 7 rings (SSSR count). The molecular formula is C35H54O16. The second-order valence-corrected chi connectivity index (χ2v) is 16.6. The molecule has 0 unspecified atom stereocenters. The predicted octanol–water partition coefficient (Wildman–Crippen LogP) is -2.52. The minimum Gasteiger partial charge on any atom is -0.458 e. The molecule has 0 aromatic carbocycles. The summed E-state index contributed by atoms with van der Waals surface area (Å²) in [5.74, 6) is -0.754. The highest BCUT2D eigenvalue weighted by Gasteiger charge is 2.74. The van der Waals surface area contributed by atoms with Crippen LogP contribution in [0.3, 0.4) is 0 Å². The van der Waals surface area contributed by atoms with Crippen molar-refractivity contribution in [1.29, 1.82) is 0 Å². The Morgan fingerprint density at radius 3 is 2.06 bits per heavy atom. The lowest BCUT2D eigenvalue weighted by Gasteiger charge is -2.66. The van der Waals surface area contributed by atoms with E-state index in [0.29, 0.717) is 56.9 Å². The van der Waals surface area contributed by atoms with E-state index in [4.69, 9.17) is 23.7 Å². The van der Waals surface area contributed by atoms with Crippen molar-refractivity contribution < 1.29 is 79.5 Å². The van der Waals surface area contributed by atoms with Crippen LogP contribution in [0.25, 0.3) is 0 Å². The van der Waals surface area contributed by atoms with Gasteiger partial charge in [0.15, 0.2) is 12.6 Å². The van der Waals surface area contributed by atoms with Gasteiger partial charge < -0.3 is 74.7 Å². The number of hydrogen-bond donors (Lipinski definition) is 10. The van der Waals surface area contributed by atoms with Crippen molar-refractivity contribution in [3.05, 3.63) is 11.6 Å². The molecule has 0 radical (unpaired) electrons. The molecular weight excluding hydrogens is 676 g/mol. The number of carbonyl (C=O) groups is 1. The Morgan fingerprint density at radius 1 is 0.745 bits per heavy atom. The van der Waals surface area contributed by atoms with Gasteiger partial charge in [0.1, 0.15) is 55.4 Å². The number of aliphatic hydroxyl groups excluding tert-OH is 7. The van der Waals surface area contributed by atoms with E-state index in [2.05, 4.69) is 6.92 Å². The number of fused-ring (bicyclic) bond motifs is 5. The third-order valence-corrected chi connectivity index (χ3v) is 14.6. The van der Waals surface area contributed by atoms with Crippen LogP contribution >= 0.6 is 0 Å². The quantitative estimate of drug-likeness (QED) is 0.0957. The summed E-state index contributed by atoms with van der Waals surface area (Å²) in [7, 11) is 0. The molecule has 3 heterocycles. The maximum atomic E-state index is 12.5. The van der Waals surface area contributed by atoms with Crippen LogP contribution in [0, 0.1) is 22.7 Å². The molecule has 18 atom stereocenters. The fourth-order valence-electron chi connectivity index (χ4n) is 11.3. The number of ether oxygens (including phenoxy) is 5. The first-order chi connectivity index (χ1) is 24.0. The van der Waals surface area contributed by atoms with Gasteiger partial charge in [-0.25, -0.2) is 4.79 Å². The summed E-state index contributed by atoms with van der Waals surface area (Å²) >= 11 is 0. The van der Waals surface area contributed by atoms with Crippen LogP contribution in [0.4, 0.5) is 0 Å². The SMILES string of the molecule is C[C@]12CC[C@H]3[C@@H](CC[C@@]4(O)C[C@@H](O[C@@H]5O[C@H](CO)[C@@H](O[C@@H]6O[C@H](CO)[C@@H](O)[C@H](O)[C@H]6O)[C@H](O)[C@H]5O)CC[C@]34C)[C@@]1(O)CC[C@@]2(O)C1=CC(=O)OC1. The second kappa shape index (κ2) is 13.2. The molecule has 7 aliphatic rings. The van der Waals surface area contributed by atoms with Gasteiger partial charge in [-0.05, 0) is 68.6 Å². The van der Waals surface area contributed by atoms with Crippen LogP contribution in [-0.4, -0.2) is 161 Å². The molecule has 10 N–H and O–H groups in total. The van der Waals surface area contributed by atoms with Gasteiger partial charge in [0.05, 0.1) is 36.1 Å². The molecule has 0 aromatic rings. The third-order valence-electron chi connectivity index (χ3n) is 14.6. The zero-order valence-corrected chi connectivity index (χ0v) is 29.0. The Hall–Kier alpha value is -1.35. The number of cyclic esters (lactones) is 1. The molecule has 4 aliphatic carbocycles. The van der Waals surface area contributed by atoms with Crippen LogP contribution in [-0.2, 0) is 28.5 Å². The highest BCUT2D eigenvalue weighted by Crippen LogP contribution is 2.71. The van der Waals surface area contributed by atoms with Crippen molar-refractivity contribution in [2.45, 2.75) is 156 Å². The molecule has 2 saturated heterocycles. The van der Waals surface area contributed by atoms with E-state index in [0.717, 1.165) is 0 Å². The van der Waals surface area contributed by atoms with Gasteiger partial charge in [-0.15, -0.1) is 0 Å². The van der Waals surface area contributed by atoms with Crippen molar-refractivity contribution in [3.63, 3.8) is 0 Å². The zero-order valence-electron chi connectivity index (χ0n) is 29.0. The van der Waals surface area contributed by atoms with Gasteiger partial charge >= 0.3 is 5.97 Å². The Balaban J connectivity index is 1.02. The first-order valence-electron chi connectivity index (χ1n) is 18.3. The molecule has 290 valence electrons. The summed E-state index contributed by atoms with van der Waals surface area (Å²) in [6, 6.07) is 0. The number of aliphatic hydroxyl groups is 10. The minimum absolute atomic E-state index is 0.00929. The second-order valence-electron chi connectivity index (χ2n) is 16.6. The average Bonchev–Trinajstić information content (AvgIpc) is 3.63. The maximum absolute atomic E-state index is 12.5. The summed E-state index contributed by atoms with van der Waals surface area (Å²) in [6.45, 7) is 2.58. The smallest absolute Gasteiger partial charge is 0.331 e. The van der Waals surface area contributed by atoms with Crippen molar-refractivity contribution in [1.82, 2.24) is 0 Å². The standard InChI is InChI=1S/C35H54O16/c1-31-6-3-17(48-29-27(43)25(41)28(21(14-37)50-29)51-30-26(42)24(40)23(39)20(13-36)49-30)12-33(31,44)8-5-19-18(31)4-7-32(2)34(45,9-10-35(19,32)46)16-11-22(38)47-15-16/h11,17-21,23-30,36-37,39-46H,3-10,12-15H2,1-2H3/t17-,18-,19+,20+,21+,23+,24-,25+,26+,27+,28+,29+,30-,31+,32+,33+,34+,35-/m0/s1. The number of carbonyl (C=O) groups excluding carboxylic acids is 1. The number of esters is 1. The Bertz CT molecular complexity index is 1360. The number of rotatable bonds is 7. The molecule has 16 nitrogen and oxygen atoms in total. The monoisotopic (exact) mass is 730 g/mol. The molecule has 4 saturated carbocycles. The normalized spacial score (nSPS) is 55.7. The summed E-state index contributed by atoms with van der Waals surface area (Å²) in [6.07, 6.45) is -11.0. The van der Waals surface area contributed by atoms with Crippen molar-refractivity contribution in [3.8, 4) is 0 Å². The van der Waals surface area contributed by atoms with Gasteiger partial charge in [-0.2, -0.15) is 0 Å². The Morgan fingerprint density at radius 2 is 1.39 bits per heavy atom. The van der Waals surface area contributed by atoms with Gasteiger partial charge in [-0.3, -0.25) is 0 Å². The van der Waals surface area contributed by atoms with E-state index in [9.17, 15) is 55.9 Å². The van der Waals surface area contributed by atoms with E-state index in [-0.39, 0.29) is 24.9 Å². The Labute approximate surface area is 295 Å². The maximum Gasteiger partial charge on any atom is 0.331 e. The molecule has 16 heteroatoms. The van der Waals surface area contributed by atoms with Crippen molar-refractivity contribution in [2.75, 3.05) is 19.8 Å². The summed E-state index contributed by atoms with van der Waals surface area (Å²) in [4.78, 5) is 11.9. The minimum atomic E-state index is -1.78. The molecule has 0 bridgehead atoms. The molecule has 0 spiro atoms. The number of hydrogen-bond acceptors (Lipinski definition) is 16. The lowest BCUT2D eigenvalue weighted by atomic mass is 9.41. The summed E-state index contributed by atoms with van der Waals surface area (Å²) < 4.78 is 28.2. The lowest BCUT2D eigenvalue weighted by Crippen LogP contribution is -2.69.